The Morgan fingerprint density at radius 2 is 2.03 bits per heavy atom. The summed E-state index contributed by atoms with van der Waals surface area (Å²) in [4.78, 5) is 21.4. The van der Waals surface area contributed by atoms with Crippen LogP contribution in [-0.4, -0.2) is 43.5 Å². The Morgan fingerprint density at radius 1 is 1.21 bits per heavy atom. The van der Waals surface area contributed by atoms with Crippen molar-refractivity contribution in [2.24, 2.45) is 21.9 Å². The number of halogens is 1. The largest absolute Gasteiger partial charge is 0.480 e. The van der Waals surface area contributed by atoms with E-state index in [2.05, 4.69) is 30.0 Å². The van der Waals surface area contributed by atoms with Crippen LogP contribution >= 0.6 is 0 Å². The molecule has 0 radical (unpaired) electrons. The van der Waals surface area contributed by atoms with Crippen molar-refractivity contribution in [2.45, 2.75) is 18.9 Å². The maximum absolute atomic E-state index is 14.1. The smallest absolute Gasteiger partial charge is 0.224 e. The van der Waals surface area contributed by atoms with Gasteiger partial charge in [0.05, 0.1) is 36.0 Å². The maximum atomic E-state index is 14.1. The van der Waals surface area contributed by atoms with Gasteiger partial charge in [-0.3, -0.25) is 4.99 Å². The number of nitrogens with zero attached hydrogens (tertiary/aromatic N) is 7. The number of benzene rings is 1. The van der Waals surface area contributed by atoms with Gasteiger partial charge in [0.2, 0.25) is 5.88 Å². The van der Waals surface area contributed by atoms with Crippen molar-refractivity contribution in [1.29, 1.82) is 0 Å². The van der Waals surface area contributed by atoms with Crippen LogP contribution in [0.3, 0.4) is 0 Å². The van der Waals surface area contributed by atoms with E-state index in [1.807, 2.05) is 10.8 Å². The van der Waals surface area contributed by atoms with Crippen molar-refractivity contribution in [2.75, 3.05) is 12.8 Å². The van der Waals surface area contributed by atoms with E-state index in [0.29, 0.717) is 34.0 Å². The Bertz CT molecular complexity index is 1410. The second-order valence-electron chi connectivity index (χ2n) is 7.90. The van der Waals surface area contributed by atoms with E-state index in [1.54, 1.807) is 24.4 Å². The van der Waals surface area contributed by atoms with E-state index >= 15 is 0 Å². The van der Waals surface area contributed by atoms with Gasteiger partial charge in [0.1, 0.15) is 35.6 Å². The molecule has 0 spiro atoms. The second-order valence-corrected chi connectivity index (χ2v) is 7.90. The number of hydrazone groups is 1. The standard InChI is InChI=1S/C23H22FN9O/c1-34-23-14(8-27-11-31-23)15-10-33(22-19(15)21(25)29-12-30-22)20(13-6-7-13)18(32-26)9-28-17-5-3-2-4-16(17)24/h2-5,8-13,20H,6-7,26H2,1H3,(H2,25,29,30). The van der Waals surface area contributed by atoms with Gasteiger partial charge in [-0.05, 0) is 30.9 Å². The fourth-order valence-electron chi connectivity index (χ4n) is 4.09. The van der Waals surface area contributed by atoms with Crippen LogP contribution in [0.4, 0.5) is 15.9 Å². The molecule has 0 bridgehead atoms. The fourth-order valence-corrected chi connectivity index (χ4v) is 4.09. The number of rotatable bonds is 7. The molecule has 5 rings (SSSR count). The lowest BCUT2D eigenvalue weighted by molar-refractivity contribution is 0.398. The molecule has 172 valence electrons. The van der Waals surface area contributed by atoms with Crippen LogP contribution in [0.1, 0.15) is 18.9 Å². The Hall–Kier alpha value is -4.41. The summed E-state index contributed by atoms with van der Waals surface area (Å²) in [6.45, 7) is 0. The summed E-state index contributed by atoms with van der Waals surface area (Å²) in [5, 5.41) is 4.66. The van der Waals surface area contributed by atoms with Gasteiger partial charge in [-0.1, -0.05) is 12.1 Å². The molecule has 0 amide bonds. The third-order valence-electron chi connectivity index (χ3n) is 5.81. The molecular weight excluding hydrogens is 437 g/mol. The van der Waals surface area contributed by atoms with E-state index in [1.165, 1.54) is 32.0 Å². The van der Waals surface area contributed by atoms with Crippen LogP contribution in [0.25, 0.3) is 22.2 Å². The maximum Gasteiger partial charge on any atom is 0.224 e. The van der Waals surface area contributed by atoms with Crippen molar-refractivity contribution in [1.82, 2.24) is 24.5 Å². The molecule has 1 aliphatic rings. The van der Waals surface area contributed by atoms with Gasteiger partial charge in [-0.15, -0.1) is 0 Å². The Morgan fingerprint density at radius 3 is 2.76 bits per heavy atom. The molecule has 1 aliphatic carbocycles. The van der Waals surface area contributed by atoms with Gasteiger partial charge in [0.25, 0.3) is 0 Å². The van der Waals surface area contributed by atoms with Crippen molar-refractivity contribution < 1.29 is 9.13 Å². The van der Waals surface area contributed by atoms with Crippen LogP contribution in [0.5, 0.6) is 5.88 Å². The number of hydrogen-bond donors (Lipinski definition) is 2. The zero-order valence-electron chi connectivity index (χ0n) is 18.3. The van der Waals surface area contributed by atoms with Crippen LogP contribution in [0.2, 0.25) is 0 Å². The first-order chi connectivity index (χ1) is 16.6. The van der Waals surface area contributed by atoms with Gasteiger partial charge in [-0.2, -0.15) is 5.10 Å². The molecule has 0 aliphatic heterocycles. The number of aliphatic imine (C=N–C) groups is 1. The van der Waals surface area contributed by atoms with Gasteiger partial charge < -0.3 is 20.9 Å². The summed E-state index contributed by atoms with van der Waals surface area (Å²) in [5.41, 5.74) is 8.95. The molecule has 10 nitrogen and oxygen atoms in total. The highest BCUT2D eigenvalue weighted by Gasteiger charge is 2.37. The average Bonchev–Trinajstić information content (AvgIpc) is 3.62. The fraction of sp³-hybridized carbons (Fsp3) is 0.217. The molecule has 1 atom stereocenters. The quantitative estimate of drug-likeness (QED) is 0.245. The number of aromatic nitrogens is 5. The van der Waals surface area contributed by atoms with Crippen molar-refractivity contribution in [3.05, 3.63) is 55.1 Å². The molecule has 3 aromatic heterocycles. The zero-order valence-corrected chi connectivity index (χ0v) is 18.3. The van der Waals surface area contributed by atoms with E-state index < -0.39 is 5.82 Å². The van der Waals surface area contributed by atoms with Crippen molar-refractivity contribution in [3.8, 4) is 17.0 Å². The monoisotopic (exact) mass is 459 g/mol. The Labute approximate surface area is 194 Å². The molecule has 3 heterocycles. The molecule has 0 saturated heterocycles. The predicted molar refractivity (Wildman–Crippen MR) is 127 cm³/mol. The number of hydrogen-bond acceptors (Lipinski definition) is 9. The van der Waals surface area contributed by atoms with Crippen LogP contribution in [0.15, 0.2) is 59.4 Å². The van der Waals surface area contributed by atoms with Gasteiger partial charge in [0.15, 0.2) is 0 Å². The van der Waals surface area contributed by atoms with Gasteiger partial charge >= 0.3 is 0 Å². The van der Waals surface area contributed by atoms with Crippen molar-refractivity contribution >= 4 is 34.5 Å². The lowest BCUT2D eigenvalue weighted by Gasteiger charge is -2.19. The predicted octanol–water partition coefficient (Wildman–Crippen LogP) is 3.29. The number of ether oxygens (including phenoxy) is 1. The highest BCUT2D eigenvalue weighted by molar-refractivity contribution is 6.33. The summed E-state index contributed by atoms with van der Waals surface area (Å²) in [6, 6.07) is 5.98. The summed E-state index contributed by atoms with van der Waals surface area (Å²) in [7, 11) is 1.54. The highest BCUT2D eigenvalue weighted by Crippen LogP contribution is 2.44. The highest BCUT2D eigenvalue weighted by atomic mass is 19.1. The molecule has 11 heteroatoms. The minimum absolute atomic E-state index is 0.203. The topological polar surface area (TPSA) is 142 Å². The zero-order chi connectivity index (χ0) is 23.7. The summed E-state index contributed by atoms with van der Waals surface area (Å²) in [5.74, 6) is 6.34. The third kappa shape index (κ3) is 3.81. The SMILES string of the molecule is COc1ncncc1-c1cn(C(C(C=Nc2ccccc2F)=NN)C2CC2)c2ncnc(N)c12. The third-order valence-corrected chi connectivity index (χ3v) is 5.81. The molecule has 1 aromatic carbocycles. The van der Waals surface area contributed by atoms with E-state index in [4.69, 9.17) is 16.3 Å². The number of methoxy groups -OCH3 is 1. The minimum atomic E-state index is -0.427. The first kappa shape index (κ1) is 21.4. The normalized spacial score (nSPS) is 15.2. The minimum Gasteiger partial charge on any atom is -0.480 e. The first-order valence-electron chi connectivity index (χ1n) is 10.6. The number of fused-ring (bicyclic) bond motifs is 1. The summed E-state index contributed by atoms with van der Waals surface area (Å²) >= 11 is 0. The van der Waals surface area contributed by atoms with Gasteiger partial charge in [0, 0.05) is 18.0 Å². The van der Waals surface area contributed by atoms with Gasteiger partial charge in [-0.25, -0.2) is 24.3 Å². The number of nitrogens with two attached hydrogens (primary N) is 2. The number of para-hydroxylation sites is 1. The second kappa shape index (κ2) is 8.85. The molecule has 34 heavy (non-hydrogen) atoms. The molecule has 1 unspecified atom stereocenters. The number of anilines is 1. The molecular formula is C23H22FN9O. The number of nitrogen functional groups attached to an aromatic ring is 1. The first-order valence-corrected chi connectivity index (χ1v) is 10.6. The molecule has 4 aromatic rings. The van der Waals surface area contributed by atoms with E-state index in [0.717, 1.165) is 18.4 Å². The molecule has 4 N–H and O–H groups in total. The van der Waals surface area contributed by atoms with Crippen LogP contribution in [-0.2, 0) is 0 Å². The lowest BCUT2D eigenvalue weighted by atomic mass is 10.1. The van der Waals surface area contributed by atoms with Crippen molar-refractivity contribution in [3.63, 3.8) is 0 Å². The Kier molecular flexibility index (Phi) is 5.58. The average molecular weight is 459 g/mol. The van der Waals surface area contributed by atoms with Crippen LogP contribution < -0.4 is 16.3 Å². The lowest BCUT2D eigenvalue weighted by Crippen LogP contribution is -2.24. The Balaban J connectivity index is 1.66. The van der Waals surface area contributed by atoms with E-state index in [9.17, 15) is 4.39 Å². The van der Waals surface area contributed by atoms with E-state index in [-0.39, 0.29) is 17.6 Å². The molecule has 1 saturated carbocycles. The van der Waals surface area contributed by atoms with Crippen LogP contribution in [0, 0.1) is 11.7 Å². The summed E-state index contributed by atoms with van der Waals surface area (Å²) in [6.07, 6.45) is 9.84. The molecule has 1 fully saturated rings. The summed E-state index contributed by atoms with van der Waals surface area (Å²) < 4.78 is 21.5.